The lowest BCUT2D eigenvalue weighted by Gasteiger charge is -2.16. The molecule has 1 fully saturated rings. The lowest BCUT2D eigenvalue weighted by Crippen LogP contribution is -2.24. The van der Waals surface area contributed by atoms with Crippen molar-refractivity contribution in [3.63, 3.8) is 0 Å². The summed E-state index contributed by atoms with van der Waals surface area (Å²) in [5.74, 6) is 0.505. The first-order chi connectivity index (χ1) is 12.2. The van der Waals surface area contributed by atoms with E-state index in [9.17, 15) is 9.59 Å². The van der Waals surface area contributed by atoms with Crippen LogP contribution in [-0.4, -0.2) is 25.0 Å². The number of nitrogens with one attached hydrogen (secondary N) is 1. The molecule has 1 saturated heterocycles. The molecule has 1 aliphatic rings. The molecular formula is C20H22N2O3. The van der Waals surface area contributed by atoms with Crippen LogP contribution in [-0.2, 0) is 16.0 Å². The highest BCUT2D eigenvalue weighted by Crippen LogP contribution is 2.25. The van der Waals surface area contributed by atoms with Crippen LogP contribution in [0.3, 0.4) is 0 Å². The Labute approximate surface area is 147 Å². The first-order valence-electron chi connectivity index (χ1n) is 8.58. The van der Waals surface area contributed by atoms with Crippen molar-refractivity contribution in [2.24, 2.45) is 0 Å². The number of rotatable bonds is 6. The molecule has 0 aliphatic carbocycles. The van der Waals surface area contributed by atoms with Crippen LogP contribution in [0.5, 0.6) is 5.75 Å². The van der Waals surface area contributed by atoms with E-state index in [0.717, 1.165) is 36.3 Å². The third-order valence-corrected chi connectivity index (χ3v) is 4.24. The SMILES string of the molecule is CCc1ccccc1NC(=O)COc1cccc(N2CCCC2=O)c1. The minimum absolute atomic E-state index is 0.0740. The summed E-state index contributed by atoms with van der Waals surface area (Å²) in [5, 5.41) is 2.88. The van der Waals surface area contributed by atoms with Crippen molar-refractivity contribution in [2.45, 2.75) is 26.2 Å². The number of benzene rings is 2. The number of para-hydroxylation sites is 1. The molecule has 5 nitrogen and oxygen atoms in total. The Morgan fingerprint density at radius 2 is 2.04 bits per heavy atom. The Kier molecular flexibility index (Phi) is 5.33. The maximum atomic E-state index is 12.1. The second-order valence-corrected chi connectivity index (χ2v) is 5.99. The molecule has 0 spiro atoms. The van der Waals surface area contributed by atoms with Gasteiger partial charge in [0.1, 0.15) is 5.75 Å². The van der Waals surface area contributed by atoms with Crippen LogP contribution in [0.2, 0.25) is 0 Å². The normalized spacial score (nSPS) is 13.8. The van der Waals surface area contributed by atoms with E-state index in [1.54, 1.807) is 17.0 Å². The predicted octanol–water partition coefficient (Wildman–Crippen LogP) is 3.39. The molecule has 25 heavy (non-hydrogen) atoms. The van der Waals surface area contributed by atoms with Gasteiger partial charge in [0.15, 0.2) is 6.61 Å². The summed E-state index contributed by atoms with van der Waals surface area (Å²) in [4.78, 5) is 25.7. The summed E-state index contributed by atoms with van der Waals surface area (Å²) >= 11 is 0. The van der Waals surface area contributed by atoms with Crippen molar-refractivity contribution in [3.8, 4) is 5.75 Å². The third-order valence-electron chi connectivity index (χ3n) is 4.24. The minimum atomic E-state index is -0.205. The van der Waals surface area contributed by atoms with Gasteiger partial charge in [-0.1, -0.05) is 31.2 Å². The molecule has 0 radical (unpaired) electrons. The summed E-state index contributed by atoms with van der Waals surface area (Å²) < 4.78 is 5.60. The zero-order chi connectivity index (χ0) is 17.6. The zero-order valence-corrected chi connectivity index (χ0v) is 14.3. The van der Waals surface area contributed by atoms with Crippen LogP contribution in [0.15, 0.2) is 48.5 Å². The predicted molar refractivity (Wildman–Crippen MR) is 98.0 cm³/mol. The summed E-state index contributed by atoms with van der Waals surface area (Å²) in [6.45, 7) is 2.71. The molecule has 2 aromatic carbocycles. The smallest absolute Gasteiger partial charge is 0.262 e. The Balaban J connectivity index is 1.60. The van der Waals surface area contributed by atoms with Gasteiger partial charge in [0, 0.05) is 30.4 Å². The zero-order valence-electron chi connectivity index (χ0n) is 14.3. The molecule has 1 aliphatic heterocycles. The summed E-state index contributed by atoms with van der Waals surface area (Å²) in [5.41, 5.74) is 2.72. The molecule has 0 atom stereocenters. The molecule has 2 aromatic rings. The Morgan fingerprint density at radius 1 is 1.20 bits per heavy atom. The Bertz CT molecular complexity index is 773. The summed E-state index contributed by atoms with van der Waals surface area (Å²) in [6.07, 6.45) is 2.32. The third kappa shape index (κ3) is 4.18. The minimum Gasteiger partial charge on any atom is -0.484 e. The number of carbonyl (C=O) groups excluding carboxylic acids is 2. The number of carbonyl (C=O) groups is 2. The van der Waals surface area contributed by atoms with Gasteiger partial charge >= 0.3 is 0 Å². The Hall–Kier alpha value is -2.82. The Morgan fingerprint density at radius 3 is 2.80 bits per heavy atom. The fraction of sp³-hybridized carbons (Fsp3) is 0.300. The van der Waals surface area contributed by atoms with Crippen LogP contribution in [0, 0.1) is 0 Å². The molecule has 1 N–H and O–H groups in total. The van der Waals surface area contributed by atoms with Crippen LogP contribution in [0.25, 0.3) is 0 Å². The summed E-state index contributed by atoms with van der Waals surface area (Å²) in [7, 11) is 0. The second kappa shape index (κ2) is 7.83. The van der Waals surface area contributed by atoms with E-state index in [2.05, 4.69) is 5.32 Å². The molecule has 2 amide bonds. The largest absolute Gasteiger partial charge is 0.484 e. The van der Waals surface area contributed by atoms with Gasteiger partial charge in [-0.15, -0.1) is 0 Å². The van der Waals surface area contributed by atoms with Gasteiger partial charge in [0.2, 0.25) is 5.91 Å². The van der Waals surface area contributed by atoms with Crippen molar-refractivity contribution < 1.29 is 14.3 Å². The van der Waals surface area contributed by atoms with Crippen LogP contribution < -0.4 is 15.0 Å². The molecule has 3 rings (SSSR count). The van der Waals surface area contributed by atoms with E-state index < -0.39 is 0 Å². The number of aryl methyl sites for hydroxylation is 1. The number of nitrogens with zero attached hydrogens (tertiary/aromatic N) is 1. The van der Waals surface area contributed by atoms with Gasteiger partial charge in [-0.25, -0.2) is 0 Å². The molecule has 0 unspecified atom stereocenters. The van der Waals surface area contributed by atoms with Gasteiger partial charge in [-0.2, -0.15) is 0 Å². The topological polar surface area (TPSA) is 58.6 Å². The molecule has 1 heterocycles. The van der Waals surface area contributed by atoms with Crippen molar-refractivity contribution in [1.82, 2.24) is 0 Å². The lowest BCUT2D eigenvalue weighted by atomic mass is 10.1. The average molecular weight is 338 g/mol. The van der Waals surface area contributed by atoms with Gasteiger partial charge < -0.3 is 15.0 Å². The molecular weight excluding hydrogens is 316 g/mol. The number of hydrogen-bond acceptors (Lipinski definition) is 3. The van der Waals surface area contributed by atoms with E-state index in [1.165, 1.54) is 0 Å². The van der Waals surface area contributed by atoms with Gasteiger partial charge in [0.05, 0.1) is 0 Å². The van der Waals surface area contributed by atoms with Crippen molar-refractivity contribution in [3.05, 3.63) is 54.1 Å². The van der Waals surface area contributed by atoms with Gasteiger partial charge in [0.25, 0.3) is 5.91 Å². The number of anilines is 2. The maximum Gasteiger partial charge on any atom is 0.262 e. The van der Waals surface area contributed by atoms with E-state index in [0.29, 0.717) is 12.2 Å². The first kappa shape index (κ1) is 17.0. The van der Waals surface area contributed by atoms with Crippen molar-refractivity contribution in [1.29, 1.82) is 0 Å². The van der Waals surface area contributed by atoms with Crippen LogP contribution >= 0.6 is 0 Å². The van der Waals surface area contributed by atoms with Gasteiger partial charge in [-0.3, -0.25) is 9.59 Å². The van der Waals surface area contributed by atoms with E-state index >= 15 is 0 Å². The number of hydrogen-bond donors (Lipinski definition) is 1. The van der Waals surface area contributed by atoms with Crippen LogP contribution in [0.1, 0.15) is 25.3 Å². The molecule has 0 aromatic heterocycles. The number of amides is 2. The summed E-state index contributed by atoms with van der Waals surface area (Å²) in [6, 6.07) is 15.0. The molecule has 0 saturated carbocycles. The molecule has 130 valence electrons. The monoisotopic (exact) mass is 338 g/mol. The number of ether oxygens (including phenoxy) is 1. The fourth-order valence-electron chi connectivity index (χ4n) is 2.95. The highest BCUT2D eigenvalue weighted by molar-refractivity contribution is 5.95. The van der Waals surface area contributed by atoms with Crippen molar-refractivity contribution in [2.75, 3.05) is 23.4 Å². The highest BCUT2D eigenvalue weighted by atomic mass is 16.5. The van der Waals surface area contributed by atoms with E-state index in [1.807, 2.05) is 43.3 Å². The van der Waals surface area contributed by atoms with Crippen LogP contribution in [0.4, 0.5) is 11.4 Å². The molecule has 5 heteroatoms. The average Bonchev–Trinajstić information content (AvgIpc) is 3.07. The van der Waals surface area contributed by atoms with E-state index in [4.69, 9.17) is 4.74 Å². The molecule has 0 bridgehead atoms. The quantitative estimate of drug-likeness (QED) is 0.878. The first-order valence-corrected chi connectivity index (χ1v) is 8.58. The van der Waals surface area contributed by atoms with Gasteiger partial charge in [-0.05, 0) is 36.6 Å². The lowest BCUT2D eigenvalue weighted by molar-refractivity contribution is -0.118. The fourth-order valence-corrected chi connectivity index (χ4v) is 2.95. The maximum absolute atomic E-state index is 12.1. The van der Waals surface area contributed by atoms with Crippen molar-refractivity contribution >= 4 is 23.2 Å². The van der Waals surface area contributed by atoms with E-state index in [-0.39, 0.29) is 18.4 Å². The standard InChI is InChI=1S/C20H22N2O3/c1-2-15-7-3-4-10-18(15)21-19(23)14-25-17-9-5-8-16(13-17)22-12-6-11-20(22)24/h3-5,7-10,13H,2,6,11-12,14H2,1H3,(H,21,23). The second-order valence-electron chi connectivity index (χ2n) is 5.99. The highest BCUT2D eigenvalue weighted by Gasteiger charge is 2.21.